The van der Waals surface area contributed by atoms with E-state index in [4.69, 9.17) is 11.6 Å². The van der Waals surface area contributed by atoms with Crippen LogP contribution in [-0.2, 0) is 0 Å². The molecule has 0 aliphatic carbocycles. The molecule has 1 aromatic rings. The normalized spacial score (nSPS) is 12.2. The SMILES string of the molecule is CCC(C)N(C)CCNC(=O)c1ccnc(Cl)c1[N+](=O)[O-]. The minimum Gasteiger partial charge on any atom is -0.351 e. The Morgan fingerprint density at radius 2 is 2.29 bits per heavy atom. The number of carbonyl (C=O) groups excluding carboxylic acids is 1. The largest absolute Gasteiger partial charge is 0.351 e. The molecule has 1 atom stereocenters. The minimum atomic E-state index is -0.699. The van der Waals surface area contributed by atoms with Crippen molar-refractivity contribution >= 4 is 23.2 Å². The summed E-state index contributed by atoms with van der Waals surface area (Å²) in [4.78, 5) is 28.0. The molecule has 1 amide bonds. The first-order valence-corrected chi connectivity index (χ1v) is 7.03. The van der Waals surface area contributed by atoms with Gasteiger partial charge < -0.3 is 10.2 Å². The highest BCUT2D eigenvalue weighted by molar-refractivity contribution is 6.32. The summed E-state index contributed by atoms with van der Waals surface area (Å²) >= 11 is 5.67. The lowest BCUT2D eigenvalue weighted by atomic mass is 10.2. The summed E-state index contributed by atoms with van der Waals surface area (Å²) < 4.78 is 0. The monoisotopic (exact) mass is 314 g/mol. The molecule has 1 heterocycles. The van der Waals surface area contributed by atoms with Gasteiger partial charge in [-0.05, 0) is 26.5 Å². The molecule has 0 spiro atoms. The number of likely N-dealkylation sites (N-methyl/N-ethyl adjacent to an activating group) is 1. The second kappa shape index (κ2) is 7.90. The van der Waals surface area contributed by atoms with E-state index in [2.05, 4.69) is 29.0 Å². The van der Waals surface area contributed by atoms with Crippen molar-refractivity contribution in [1.82, 2.24) is 15.2 Å². The molecule has 1 N–H and O–H groups in total. The Bertz CT molecular complexity index is 524. The molecule has 0 aromatic carbocycles. The lowest BCUT2D eigenvalue weighted by Crippen LogP contribution is -2.37. The van der Waals surface area contributed by atoms with Crippen molar-refractivity contribution in [3.8, 4) is 0 Å². The molecule has 7 nitrogen and oxygen atoms in total. The van der Waals surface area contributed by atoms with Crippen LogP contribution in [0.3, 0.4) is 0 Å². The number of hydrogen-bond donors (Lipinski definition) is 1. The third kappa shape index (κ3) is 4.64. The lowest BCUT2D eigenvalue weighted by molar-refractivity contribution is -0.385. The fourth-order valence-electron chi connectivity index (χ4n) is 1.76. The summed E-state index contributed by atoms with van der Waals surface area (Å²) in [6.07, 6.45) is 2.28. The number of nitrogens with one attached hydrogen (secondary N) is 1. The van der Waals surface area contributed by atoms with Crippen LogP contribution in [0.5, 0.6) is 0 Å². The van der Waals surface area contributed by atoms with E-state index in [1.165, 1.54) is 12.3 Å². The fourth-order valence-corrected chi connectivity index (χ4v) is 1.99. The molecule has 0 bridgehead atoms. The van der Waals surface area contributed by atoms with E-state index in [-0.39, 0.29) is 10.7 Å². The maximum atomic E-state index is 12.0. The van der Waals surface area contributed by atoms with Crippen molar-refractivity contribution in [1.29, 1.82) is 0 Å². The van der Waals surface area contributed by atoms with Crippen molar-refractivity contribution in [3.05, 3.63) is 33.1 Å². The molecule has 1 rings (SSSR count). The van der Waals surface area contributed by atoms with Crippen LogP contribution in [-0.4, -0.2) is 46.9 Å². The van der Waals surface area contributed by atoms with Crippen molar-refractivity contribution in [2.75, 3.05) is 20.1 Å². The van der Waals surface area contributed by atoms with Crippen molar-refractivity contribution in [2.24, 2.45) is 0 Å². The second-order valence-corrected chi connectivity index (χ2v) is 5.11. The Hall–Kier alpha value is -1.73. The minimum absolute atomic E-state index is 0.0776. The van der Waals surface area contributed by atoms with Gasteiger partial charge in [0, 0.05) is 25.3 Å². The van der Waals surface area contributed by atoms with Gasteiger partial charge in [0.2, 0.25) is 5.15 Å². The Balaban J connectivity index is 2.69. The summed E-state index contributed by atoms with van der Waals surface area (Å²) in [5.41, 5.74) is -0.543. The zero-order chi connectivity index (χ0) is 16.0. The quantitative estimate of drug-likeness (QED) is 0.473. The number of pyridine rings is 1. The van der Waals surface area contributed by atoms with Crippen molar-refractivity contribution in [3.63, 3.8) is 0 Å². The Kier molecular flexibility index (Phi) is 6.51. The van der Waals surface area contributed by atoms with E-state index in [9.17, 15) is 14.9 Å². The Morgan fingerprint density at radius 3 is 2.86 bits per heavy atom. The predicted octanol–water partition coefficient (Wildman–Crippen LogP) is 2.10. The van der Waals surface area contributed by atoms with Gasteiger partial charge in [0.25, 0.3) is 5.91 Å². The van der Waals surface area contributed by atoms with Gasteiger partial charge in [-0.1, -0.05) is 18.5 Å². The smallest absolute Gasteiger partial charge is 0.319 e. The molecule has 21 heavy (non-hydrogen) atoms. The van der Waals surface area contributed by atoms with E-state index in [0.29, 0.717) is 19.1 Å². The molecule has 116 valence electrons. The van der Waals surface area contributed by atoms with Crippen LogP contribution in [0.1, 0.15) is 30.6 Å². The number of nitrogens with zero attached hydrogens (tertiary/aromatic N) is 3. The van der Waals surface area contributed by atoms with Gasteiger partial charge >= 0.3 is 5.69 Å². The van der Waals surface area contributed by atoms with Gasteiger partial charge in [0.1, 0.15) is 5.56 Å². The van der Waals surface area contributed by atoms with Gasteiger partial charge in [0.05, 0.1) is 4.92 Å². The molecule has 8 heteroatoms. The van der Waals surface area contributed by atoms with E-state index in [1.54, 1.807) is 0 Å². The number of carbonyl (C=O) groups is 1. The van der Waals surface area contributed by atoms with E-state index >= 15 is 0 Å². The maximum absolute atomic E-state index is 12.0. The first kappa shape index (κ1) is 17.3. The first-order valence-electron chi connectivity index (χ1n) is 6.65. The van der Waals surface area contributed by atoms with E-state index in [1.807, 2.05) is 7.05 Å². The molecule has 0 aliphatic heterocycles. The molecule has 0 saturated carbocycles. The van der Waals surface area contributed by atoms with Crippen LogP contribution < -0.4 is 5.32 Å². The molecular formula is C13H19ClN4O3. The van der Waals surface area contributed by atoms with Gasteiger partial charge in [-0.3, -0.25) is 14.9 Å². The molecule has 0 fully saturated rings. The fraction of sp³-hybridized carbons (Fsp3) is 0.538. The average molecular weight is 315 g/mol. The van der Waals surface area contributed by atoms with Crippen molar-refractivity contribution < 1.29 is 9.72 Å². The lowest BCUT2D eigenvalue weighted by Gasteiger charge is -2.23. The zero-order valence-electron chi connectivity index (χ0n) is 12.3. The molecule has 0 radical (unpaired) electrons. The number of halogens is 1. The topological polar surface area (TPSA) is 88.4 Å². The van der Waals surface area contributed by atoms with Crippen molar-refractivity contribution in [2.45, 2.75) is 26.3 Å². The third-order valence-corrected chi connectivity index (χ3v) is 3.68. The highest BCUT2D eigenvalue weighted by Gasteiger charge is 2.24. The number of nitro groups is 1. The number of aromatic nitrogens is 1. The first-order chi connectivity index (χ1) is 9.88. The van der Waals surface area contributed by atoms with Crippen LogP contribution >= 0.6 is 11.6 Å². The van der Waals surface area contributed by atoms with Crippen LogP contribution in [0.15, 0.2) is 12.3 Å². The van der Waals surface area contributed by atoms with Crippen LogP contribution in [0.25, 0.3) is 0 Å². The Morgan fingerprint density at radius 1 is 1.62 bits per heavy atom. The van der Waals surface area contributed by atoms with E-state index in [0.717, 1.165) is 6.42 Å². The van der Waals surface area contributed by atoms with Gasteiger partial charge in [-0.25, -0.2) is 4.98 Å². The summed E-state index contributed by atoms with van der Waals surface area (Å²) in [7, 11) is 1.96. The van der Waals surface area contributed by atoms with Crippen LogP contribution in [0, 0.1) is 10.1 Å². The van der Waals surface area contributed by atoms with Crippen LogP contribution in [0.2, 0.25) is 5.15 Å². The Labute approximate surface area is 128 Å². The molecule has 1 unspecified atom stereocenters. The molecule has 0 aliphatic rings. The van der Waals surface area contributed by atoms with Gasteiger partial charge in [-0.2, -0.15) is 0 Å². The standard InChI is InChI=1S/C13H19ClN4O3/c1-4-9(2)17(3)8-7-16-13(19)10-5-6-15-12(14)11(10)18(20)21/h5-6,9H,4,7-8H2,1-3H3,(H,16,19). The van der Waals surface area contributed by atoms with E-state index < -0.39 is 16.5 Å². The predicted molar refractivity (Wildman–Crippen MR) is 80.6 cm³/mol. The third-order valence-electron chi connectivity index (χ3n) is 3.40. The number of rotatable bonds is 7. The van der Waals surface area contributed by atoms with Gasteiger partial charge in [0.15, 0.2) is 0 Å². The van der Waals surface area contributed by atoms with Gasteiger partial charge in [-0.15, -0.1) is 0 Å². The summed E-state index contributed by atoms with van der Waals surface area (Å²) in [5.74, 6) is -0.524. The molecular weight excluding hydrogens is 296 g/mol. The van der Waals surface area contributed by atoms with Crippen LogP contribution in [0.4, 0.5) is 5.69 Å². The maximum Gasteiger partial charge on any atom is 0.319 e. The second-order valence-electron chi connectivity index (χ2n) is 4.75. The zero-order valence-corrected chi connectivity index (χ0v) is 13.1. The average Bonchev–Trinajstić information content (AvgIpc) is 2.45. The summed E-state index contributed by atoms with van der Waals surface area (Å²) in [6.45, 7) is 5.24. The summed E-state index contributed by atoms with van der Waals surface area (Å²) in [6, 6.07) is 1.70. The number of amides is 1. The number of hydrogen-bond acceptors (Lipinski definition) is 5. The highest BCUT2D eigenvalue weighted by Crippen LogP contribution is 2.25. The highest BCUT2D eigenvalue weighted by atomic mass is 35.5. The molecule has 0 saturated heterocycles. The summed E-state index contributed by atoms with van der Waals surface area (Å²) in [5, 5.41) is 13.3. The molecule has 1 aromatic heterocycles.